The maximum atomic E-state index is 12.8. The number of fused-ring (bicyclic) bond motifs is 3. The van der Waals surface area contributed by atoms with Gasteiger partial charge >= 0.3 is 0 Å². The van der Waals surface area contributed by atoms with Crippen LogP contribution in [0.4, 0.5) is 5.69 Å². The van der Waals surface area contributed by atoms with Gasteiger partial charge in [-0.1, -0.05) is 6.92 Å². The van der Waals surface area contributed by atoms with Crippen molar-refractivity contribution in [3.8, 4) is 11.5 Å². The molecule has 0 saturated carbocycles. The molecule has 0 radical (unpaired) electrons. The van der Waals surface area contributed by atoms with Crippen LogP contribution in [0.3, 0.4) is 0 Å². The van der Waals surface area contributed by atoms with Crippen LogP contribution in [-0.2, 0) is 12.8 Å². The minimum Gasteiger partial charge on any atom is -0.497 e. The molecule has 0 spiro atoms. The molecule has 1 heterocycles. The quantitative estimate of drug-likeness (QED) is 0.713. The van der Waals surface area contributed by atoms with Crippen molar-refractivity contribution in [1.82, 2.24) is 4.98 Å². The minimum atomic E-state index is -0.154. The summed E-state index contributed by atoms with van der Waals surface area (Å²) in [7, 11) is 3.17. The molecule has 0 unspecified atom stereocenters. The Kier molecular flexibility index (Phi) is 4.52. The third-order valence-corrected chi connectivity index (χ3v) is 5.35. The lowest BCUT2D eigenvalue weighted by Gasteiger charge is -2.18. The highest BCUT2D eigenvalue weighted by Gasteiger charge is 2.21. The summed E-state index contributed by atoms with van der Waals surface area (Å²) >= 11 is 0. The number of hydrogen-bond donors (Lipinski definition) is 2. The average Bonchev–Trinajstić information content (AvgIpc) is 3.05. The normalized spacial score (nSPS) is 16.0. The van der Waals surface area contributed by atoms with E-state index in [2.05, 4.69) is 17.2 Å². The average molecular weight is 364 g/mol. The van der Waals surface area contributed by atoms with Crippen LogP contribution in [0, 0.1) is 5.92 Å². The molecule has 27 heavy (non-hydrogen) atoms. The molecule has 2 aromatic carbocycles. The lowest BCUT2D eigenvalue weighted by molar-refractivity contribution is 0.102. The van der Waals surface area contributed by atoms with Crippen molar-refractivity contribution in [3.63, 3.8) is 0 Å². The van der Waals surface area contributed by atoms with Gasteiger partial charge in [0.1, 0.15) is 11.5 Å². The van der Waals surface area contributed by atoms with Gasteiger partial charge in [-0.2, -0.15) is 0 Å². The van der Waals surface area contributed by atoms with Gasteiger partial charge in [0.25, 0.3) is 5.91 Å². The summed E-state index contributed by atoms with van der Waals surface area (Å²) < 4.78 is 10.6. The van der Waals surface area contributed by atoms with E-state index in [1.54, 1.807) is 32.4 Å². The molecule has 5 heteroatoms. The number of anilines is 1. The molecular formula is C22H24N2O3. The number of benzene rings is 2. The number of amides is 1. The topological polar surface area (TPSA) is 63.3 Å². The Bertz CT molecular complexity index is 1010. The van der Waals surface area contributed by atoms with Crippen molar-refractivity contribution in [2.24, 2.45) is 5.92 Å². The summed E-state index contributed by atoms with van der Waals surface area (Å²) in [5.74, 6) is 1.77. The first kappa shape index (κ1) is 17.5. The van der Waals surface area contributed by atoms with Crippen LogP contribution in [0.5, 0.6) is 11.5 Å². The zero-order chi connectivity index (χ0) is 19.0. The van der Waals surface area contributed by atoms with Crippen molar-refractivity contribution in [1.29, 1.82) is 0 Å². The number of hydrogen-bond acceptors (Lipinski definition) is 3. The predicted molar refractivity (Wildman–Crippen MR) is 107 cm³/mol. The van der Waals surface area contributed by atoms with E-state index in [1.165, 1.54) is 17.7 Å². The van der Waals surface area contributed by atoms with Gasteiger partial charge in [-0.3, -0.25) is 4.79 Å². The zero-order valence-electron chi connectivity index (χ0n) is 15.9. The molecule has 140 valence electrons. The molecular weight excluding hydrogens is 340 g/mol. The van der Waals surface area contributed by atoms with Crippen molar-refractivity contribution < 1.29 is 14.3 Å². The first-order chi connectivity index (χ1) is 13.1. The predicted octanol–water partition coefficient (Wildman–Crippen LogP) is 4.56. The van der Waals surface area contributed by atoms with Crippen molar-refractivity contribution in [2.75, 3.05) is 19.5 Å². The molecule has 1 aliphatic rings. The maximum absolute atomic E-state index is 12.8. The van der Waals surface area contributed by atoms with E-state index in [0.717, 1.165) is 23.7 Å². The Morgan fingerprint density at radius 3 is 2.78 bits per heavy atom. The first-order valence-corrected chi connectivity index (χ1v) is 9.26. The number of methoxy groups -OCH3 is 2. The molecule has 1 aromatic heterocycles. The number of aryl methyl sites for hydroxylation is 1. The number of aromatic amines is 1. The zero-order valence-corrected chi connectivity index (χ0v) is 15.9. The van der Waals surface area contributed by atoms with Gasteiger partial charge in [-0.05, 0) is 61.1 Å². The van der Waals surface area contributed by atoms with Crippen LogP contribution in [-0.4, -0.2) is 25.1 Å². The van der Waals surface area contributed by atoms with Crippen LogP contribution >= 0.6 is 0 Å². The summed E-state index contributed by atoms with van der Waals surface area (Å²) in [5.41, 5.74) is 5.04. The molecule has 3 aromatic rings. The van der Waals surface area contributed by atoms with Crippen LogP contribution in [0.1, 0.15) is 35.0 Å². The fourth-order valence-corrected chi connectivity index (χ4v) is 3.83. The van der Waals surface area contributed by atoms with Crippen LogP contribution < -0.4 is 14.8 Å². The summed E-state index contributed by atoms with van der Waals surface area (Å²) in [4.78, 5) is 16.3. The highest BCUT2D eigenvalue weighted by molar-refractivity contribution is 6.07. The van der Waals surface area contributed by atoms with E-state index in [4.69, 9.17) is 9.47 Å². The van der Waals surface area contributed by atoms with Gasteiger partial charge in [0.2, 0.25) is 0 Å². The first-order valence-electron chi connectivity index (χ1n) is 9.26. The van der Waals surface area contributed by atoms with E-state index < -0.39 is 0 Å². The second kappa shape index (κ2) is 6.99. The fourth-order valence-electron chi connectivity index (χ4n) is 3.83. The number of aromatic nitrogens is 1. The van der Waals surface area contributed by atoms with Crippen LogP contribution in [0.15, 0.2) is 36.4 Å². The fraction of sp³-hybridized carbons (Fsp3) is 0.318. The van der Waals surface area contributed by atoms with Gasteiger partial charge in [-0.25, -0.2) is 0 Å². The summed E-state index contributed by atoms with van der Waals surface area (Å²) in [6.07, 6.45) is 3.35. The maximum Gasteiger partial charge on any atom is 0.255 e. The summed E-state index contributed by atoms with van der Waals surface area (Å²) in [6, 6.07) is 11.2. The lowest BCUT2D eigenvalue weighted by Crippen LogP contribution is -2.13. The van der Waals surface area contributed by atoms with E-state index in [9.17, 15) is 4.79 Å². The molecule has 5 nitrogen and oxygen atoms in total. The monoisotopic (exact) mass is 364 g/mol. The Hall–Kier alpha value is -2.95. The summed E-state index contributed by atoms with van der Waals surface area (Å²) in [5, 5.41) is 4.10. The number of H-pyrrole nitrogens is 1. The standard InChI is InChI=1S/C22H24N2O3/c1-13-4-7-18-16(10-13)17-11-14(5-8-19(17)23-18)22(25)24-20-9-6-15(26-2)12-21(20)27-3/h5-6,8-9,11-13,23H,4,7,10H2,1-3H3,(H,24,25)/t13-/m0/s1. The van der Waals surface area contributed by atoms with Crippen molar-refractivity contribution in [3.05, 3.63) is 53.2 Å². The second-order valence-electron chi connectivity index (χ2n) is 7.21. The third kappa shape index (κ3) is 3.25. The molecule has 1 atom stereocenters. The molecule has 1 aliphatic carbocycles. The molecule has 0 bridgehead atoms. The Morgan fingerprint density at radius 1 is 1.15 bits per heavy atom. The van der Waals surface area contributed by atoms with Gasteiger partial charge in [0.15, 0.2) is 0 Å². The summed E-state index contributed by atoms with van der Waals surface area (Å²) in [6.45, 7) is 2.29. The molecule has 4 rings (SSSR count). The van der Waals surface area contributed by atoms with Gasteiger partial charge in [0, 0.05) is 28.2 Å². The minimum absolute atomic E-state index is 0.154. The van der Waals surface area contributed by atoms with Gasteiger partial charge < -0.3 is 19.8 Å². The number of carbonyl (C=O) groups excluding carboxylic acids is 1. The highest BCUT2D eigenvalue weighted by Crippen LogP contribution is 2.33. The smallest absolute Gasteiger partial charge is 0.255 e. The molecule has 0 aliphatic heterocycles. The lowest BCUT2D eigenvalue weighted by atomic mass is 9.87. The Labute approximate surface area is 158 Å². The highest BCUT2D eigenvalue weighted by atomic mass is 16.5. The van der Waals surface area contributed by atoms with Gasteiger partial charge in [-0.15, -0.1) is 0 Å². The van der Waals surface area contributed by atoms with Gasteiger partial charge in [0.05, 0.1) is 19.9 Å². The van der Waals surface area contributed by atoms with Crippen LogP contribution in [0.2, 0.25) is 0 Å². The van der Waals surface area contributed by atoms with E-state index in [0.29, 0.717) is 28.7 Å². The van der Waals surface area contributed by atoms with E-state index in [-0.39, 0.29) is 5.91 Å². The van der Waals surface area contributed by atoms with E-state index in [1.807, 2.05) is 18.2 Å². The number of rotatable bonds is 4. The Balaban J connectivity index is 1.64. The van der Waals surface area contributed by atoms with Crippen molar-refractivity contribution >= 4 is 22.5 Å². The number of carbonyl (C=O) groups is 1. The number of ether oxygens (including phenoxy) is 2. The molecule has 0 fully saturated rings. The number of nitrogens with one attached hydrogen (secondary N) is 2. The second-order valence-corrected chi connectivity index (χ2v) is 7.21. The van der Waals surface area contributed by atoms with Crippen LogP contribution in [0.25, 0.3) is 10.9 Å². The van der Waals surface area contributed by atoms with Crippen molar-refractivity contribution in [2.45, 2.75) is 26.2 Å². The Morgan fingerprint density at radius 2 is 2.00 bits per heavy atom. The van der Waals surface area contributed by atoms with E-state index >= 15 is 0 Å². The SMILES string of the molecule is COc1ccc(NC(=O)c2ccc3[nH]c4c(c3c2)C[C@@H](C)CC4)c(OC)c1. The third-order valence-electron chi connectivity index (χ3n) is 5.35. The molecule has 0 saturated heterocycles. The largest absolute Gasteiger partial charge is 0.497 e. The molecule has 1 amide bonds. The molecule has 2 N–H and O–H groups in total.